The van der Waals surface area contributed by atoms with Gasteiger partial charge in [0.1, 0.15) is 5.75 Å². The lowest BCUT2D eigenvalue weighted by atomic mass is 10.0. The molecule has 0 saturated heterocycles. The molecule has 3 aromatic carbocycles. The van der Waals surface area contributed by atoms with E-state index in [9.17, 15) is 20.0 Å². The van der Waals surface area contributed by atoms with Gasteiger partial charge in [-0.2, -0.15) is 0 Å². The summed E-state index contributed by atoms with van der Waals surface area (Å²) in [5.41, 5.74) is 2.16. The first-order valence-electron chi connectivity index (χ1n) is 7.49. The first-order chi connectivity index (χ1) is 12.0. The van der Waals surface area contributed by atoms with Crippen molar-refractivity contribution in [1.82, 2.24) is 0 Å². The summed E-state index contributed by atoms with van der Waals surface area (Å²) < 4.78 is 0. The van der Waals surface area contributed by atoms with Crippen LogP contribution in [0.3, 0.4) is 0 Å². The van der Waals surface area contributed by atoms with Crippen molar-refractivity contribution in [2.24, 2.45) is 0 Å². The number of phenolic OH excluding ortho intramolecular Hbond substituents is 1. The molecule has 3 aromatic rings. The fraction of sp³-hybridized carbons (Fsp3) is 0. The van der Waals surface area contributed by atoms with Gasteiger partial charge in [0.25, 0.3) is 11.6 Å². The van der Waals surface area contributed by atoms with Crippen LogP contribution in [-0.4, -0.2) is 15.9 Å². The van der Waals surface area contributed by atoms with Crippen molar-refractivity contribution in [3.63, 3.8) is 0 Å². The number of hydrogen-bond donors (Lipinski definition) is 2. The third-order valence-corrected chi connectivity index (χ3v) is 3.69. The molecule has 0 radical (unpaired) electrons. The SMILES string of the molecule is O=C(Nc1cc([N+](=O)[O-])ccc1O)c1ccc(-c2ccccc2)cc1. The Morgan fingerprint density at radius 3 is 2.20 bits per heavy atom. The molecule has 0 unspecified atom stereocenters. The van der Waals surface area contributed by atoms with Gasteiger partial charge in [-0.25, -0.2) is 0 Å². The van der Waals surface area contributed by atoms with E-state index in [0.29, 0.717) is 5.56 Å². The van der Waals surface area contributed by atoms with Gasteiger partial charge >= 0.3 is 0 Å². The number of non-ortho nitro benzene ring substituents is 1. The predicted molar refractivity (Wildman–Crippen MR) is 94.6 cm³/mol. The number of nitro groups is 1. The minimum atomic E-state index is -0.594. The van der Waals surface area contributed by atoms with Crippen LogP contribution in [0, 0.1) is 10.1 Å². The normalized spacial score (nSPS) is 10.2. The summed E-state index contributed by atoms with van der Waals surface area (Å²) in [4.78, 5) is 22.5. The Bertz CT molecular complexity index is 922. The van der Waals surface area contributed by atoms with Crippen LogP contribution in [0.4, 0.5) is 11.4 Å². The highest BCUT2D eigenvalue weighted by atomic mass is 16.6. The number of nitrogens with zero attached hydrogens (tertiary/aromatic N) is 1. The van der Waals surface area contributed by atoms with Crippen LogP contribution in [0.25, 0.3) is 11.1 Å². The van der Waals surface area contributed by atoms with Crippen LogP contribution < -0.4 is 5.32 Å². The van der Waals surface area contributed by atoms with E-state index in [1.807, 2.05) is 42.5 Å². The Labute approximate surface area is 143 Å². The van der Waals surface area contributed by atoms with E-state index < -0.39 is 10.8 Å². The zero-order chi connectivity index (χ0) is 17.8. The Kier molecular flexibility index (Phi) is 4.43. The van der Waals surface area contributed by atoms with Crippen molar-refractivity contribution in [3.05, 3.63) is 88.5 Å². The molecule has 0 heterocycles. The number of hydrogen-bond acceptors (Lipinski definition) is 4. The van der Waals surface area contributed by atoms with E-state index in [0.717, 1.165) is 17.2 Å². The first-order valence-corrected chi connectivity index (χ1v) is 7.49. The molecule has 0 atom stereocenters. The second kappa shape index (κ2) is 6.84. The molecule has 3 rings (SSSR count). The highest BCUT2D eigenvalue weighted by Crippen LogP contribution is 2.28. The largest absolute Gasteiger partial charge is 0.506 e. The van der Waals surface area contributed by atoms with Crippen LogP contribution in [0.1, 0.15) is 10.4 Å². The fourth-order valence-corrected chi connectivity index (χ4v) is 2.38. The topological polar surface area (TPSA) is 92.5 Å². The molecular weight excluding hydrogens is 320 g/mol. The smallest absolute Gasteiger partial charge is 0.271 e. The molecule has 0 aliphatic rings. The summed E-state index contributed by atoms with van der Waals surface area (Å²) in [5, 5.41) is 23.1. The molecule has 0 spiro atoms. The van der Waals surface area contributed by atoms with Crippen molar-refractivity contribution in [3.8, 4) is 16.9 Å². The van der Waals surface area contributed by atoms with Gasteiger partial charge in [-0.15, -0.1) is 0 Å². The maximum absolute atomic E-state index is 12.3. The molecule has 25 heavy (non-hydrogen) atoms. The third-order valence-electron chi connectivity index (χ3n) is 3.69. The monoisotopic (exact) mass is 334 g/mol. The fourth-order valence-electron chi connectivity index (χ4n) is 2.38. The van der Waals surface area contributed by atoms with Crippen LogP contribution in [0.2, 0.25) is 0 Å². The number of nitrogens with one attached hydrogen (secondary N) is 1. The second-order valence-corrected chi connectivity index (χ2v) is 5.36. The van der Waals surface area contributed by atoms with Crippen LogP contribution in [-0.2, 0) is 0 Å². The van der Waals surface area contributed by atoms with Gasteiger partial charge in [0.15, 0.2) is 0 Å². The van der Waals surface area contributed by atoms with Crippen molar-refractivity contribution in [1.29, 1.82) is 0 Å². The Morgan fingerprint density at radius 2 is 1.56 bits per heavy atom. The van der Waals surface area contributed by atoms with Gasteiger partial charge in [0, 0.05) is 17.7 Å². The summed E-state index contributed by atoms with van der Waals surface area (Å²) in [7, 11) is 0. The van der Waals surface area contributed by atoms with Gasteiger partial charge in [0.05, 0.1) is 10.6 Å². The first kappa shape index (κ1) is 16.2. The Morgan fingerprint density at radius 1 is 0.920 bits per heavy atom. The molecule has 0 aliphatic heterocycles. The summed E-state index contributed by atoms with van der Waals surface area (Å²) >= 11 is 0. The van der Waals surface area contributed by atoms with Gasteiger partial charge < -0.3 is 10.4 Å². The number of benzene rings is 3. The van der Waals surface area contributed by atoms with Gasteiger partial charge in [-0.3, -0.25) is 14.9 Å². The van der Waals surface area contributed by atoms with Crippen LogP contribution in [0.5, 0.6) is 5.75 Å². The summed E-state index contributed by atoms with van der Waals surface area (Å²) in [5.74, 6) is -0.699. The minimum Gasteiger partial charge on any atom is -0.506 e. The standard InChI is InChI=1S/C19H14N2O4/c22-18-11-10-16(21(24)25)12-17(18)20-19(23)15-8-6-14(7-9-15)13-4-2-1-3-5-13/h1-12,22H,(H,20,23). The zero-order valence-corrected chi connectivity index (χ0v) is 13.0. The number of anilines is 1. The van der Waals surface area contributed by atoms with Crippen molar-refractivity contribution < 1.29 is 14.8 Å². The summed E-state index contributed by atoms with van der Waals surface area (Å²) in [6.45, 7) is 0. The van der Waals surface area contributed by atoms with Crippen molar-refractivity contribution in [2.45, 2.75) is 0 Å². The van der Waals surface area contributed by atoms with E-state index in [1.54, 1.807) is 12.1 Å². The number of nitro benzene ring substituents is 1. The van der Waals surface area contributed by atoms with E-state index in [2.05, 4.69) is 5.32 Å². The highest BCUT2D eigenvalue weighted by Gasteiger charge is 2.14. The molecular formula is C19H14N2O4. The van der Waals surface area contributed by atoms with Crippen molar-refractivity contribution >= 4 is 17.3 Å². The lowest BCUT2D eigenvalue weighted by Crippen LogP contribution is -2.12. The summed E-state index contributed by atoms with van der Waals surface area (Å²) in [6, 6.07) is 20.1. The number of carbonyl (C=O) groups excluding carboxylic acids is 1. The summed E-state index contributed by atoms with van der Waals surface area (Å²) in [6.07, 6.45) is 0. The van der Waals surface area contributed by atoms with Crippen LogP contribution in [0.15, 0.2) is 72.8 Å². The highest BCUT2D eigenvalue weighted by molar-refractivity contribution is 6.05. The number of amides is 1. The molecule has 0 aromatic heterocycles. The molecule has 0 aliphatic carbocycles. The van der Waals surface area contributed by atoms with Crippen molar-refractivity contribution in [2.75, 3.05) is 5.32 Å². The lowest BCUT2D eigenvalue weighted by Gasteiger charge is -2.08. The average Bonchev–Trinajstić information content (AvgIpc) is 2.64. The molecule has 6 nitrogen and oxygen atoms in total. The number of phenols is 1. The molecule has 1 amide bonds. The molecule has 2 N–H and O–H groups in total. The van der Waals surface area contributed by atoms with E-state index in [4.69, 9.17) is 0 Å². The molecule has 0 saturated carbocycles. The minimum absolute atomic E-state index is 0.00802. The lowest BCUT2D eigenvalue weighted by molar-refractivity contribution is -0.384. The maximum Gasteiger partial charge on any atom is 0.271 e. The molecule has 6 heteroatoms. The van der Waals surface area contributed by atoms with Gasteiger partial charge in [0.2, 0.25) is 0 Å². The predicted octanol–water partition coefficient (Wildman–Crippen LogP) is 4.22. The Hall–Kier alpha value is -3.67. The molecule has 124 valence electrons. The van der Waals surface area contributed by atoms with Crippen LogP contribution >= 0.6 is 0 Å². The third kappa shape index (κ3) is 3.64. The number of rotatable bonds is 4. The van der Waals surface area contributed by atoms with E-state index >= 15 is 0 Å². The average molecular weight is 334 g/mol. The van der Waals surface area contributed by atoms with Gasteiger partial charge in [-0.05, 0) is 29.3 Å². The Balaban J connectivity index is 1.80. The number of carbonyl (C=O) groups is 1. The molecule has 0 fully saturated rings. The zero-order valence-electron chi connectivity index (χ0n) is 13.0. The number of aromatic hydroxyl groups is 1. The van der Waals surface area contributed by atoms with Gasteiger partial charge in [-0.1, -0.05) is 42.5 Å². The molecule has 0 bridgehead atoms. The van der Waals surface area contributed by atoms with E-state index in [1.165, 1.54) is 12.1 Å². The second-order valence-electron chi connectivity index (χ2n) is 5.36. The quantitative estimate of drug-likeness (QED) is 0.424. The van der Waals surface area contributed by atoms with E-state index in [-0.39, 0.29) is 17.1 Å². The maximum atomic E-state index is 12.3.